The van der Waals surface area contributed by atoms with Crippen LogP contribution < -0.4 is 0 Å². The second kappa shape index (κ2) is 10.5. The molecule has 0 fully saturated rings. The van der Waals surface area contributed by atoms with E-state index in [-0.39, 0.29) is 36.6 Å². The first-order chi connectivity index (χ1) is 2.91. The lowest BCUT2D eigenvalue weighted by molar-refractivity contribution is 0.882. The van der Waals surface area contributed by atoms with Crippen molar-refractivity contribution in [3.8, 4) is 0 Å². The van der Waals surface area contributed by atoms with Gasteiger partial charge in [-0.25, -0.2) is 0 Å². The van der Waals surface area contributed by atoms with E-state index in [2.05, 4.69) is 6.92 Å². The van der Waals surface area contributed by atoms with Crippen molar-refractivity contribution in [1.82, 2.24) is 0 Å². The molecule has 0 heterocycles. The van der Waals surface area contributed by atoms with Crippen molar-refractivity contribution in [2.75, 3.05) is 0 Å². The zero-order chi connectivity index (χ0) is 4.83. The summed E-state index contributed by atoms with van der Waals surface area (Å²) in [6.45, 7) is 2.20. The molecule has 0 bridgehead atoms. The van der Waals surface area contributed by atoms with Gasteiger partial charge >= 0.3 is 19.3 Å². The molecule has 0 saturated heterocycles. The van der Waals surface area contributed by atoms with Gasteiger partial charge in [0.15, 0.2) is 17.4 Å². The Morgan fingerprint density at radius 3 is 2.29 bits per heavy atom. The first-order valence-electron chi connectivity index (χ1n) is 2.47. The second-order valence-electron chi connectivity index (χ2n) is 1.40. The van der Waals surface area contributed by atoms with E-state index in [1.807, 2.05) is 0 Å². The van der Waals surface area contributed by atoms with E-state index in [4.69, 9.17) is 9.07 Å². The predicted molar refractivity (Wildman–Crippen MR) is 41.3 cm³/mol. The highest BCUT2D eigenvalue weighted by Gasteiger charge is 1.85. The molecule has 0 aliphatic carbocycles. The van der Waals surface area contributed by atoms with E-state index in [9.17, 15) is 0 Å². The molecule has 0 aromatic carbocycles. The monoisotopic (exact) mass is 146 g/mol. The van der Waals surface area contributed by atoms with Crippen molar-refractivity contribution in [3.63, 3.8) is 0 Å². The maximum absolute atomic E-state index is 5.52. The van der Waals surface area contributed by atoms with Crippen LogP contribution in [0.4, 0.5) is 0 Å². The summed E-state index contributed by atoms with van der Waals surface area (Å²) in [5.41, 5.74) is 0. The summed E-state index contributed by atoms with van der Waals surface area (Å²) in [7, 11) is 5.52. The topological polar surface area (TPSA) is 0 Å². The first-order valence-corrected chi connectivity index (χ1v) is 5.61. The Hall–Kier alpha value is 1.59. The zero-order valence-corrected chi connectivity index (χ0v) is 6.38. The lowest BCUT2D eigenvalue weighted by Gasteiger charge is -1.82. The van der Waals surface area contributed by atoms with Crippen LogP contribution in [0, 0.1) is 0 Å². The fourth-order valence-electron chi connectivity index (χ4n) is 0.344. The van der Waals surface area contributed by atoms with Gasteiger partial charge in [-0.3, -0.25) is 0 Å². The van der Waals surface area contributed by atoms with E-state index < -0.39 is 0 Å². The quantitative estimate of drug-likeness (QED) is 0.410. The molecule has 0 spiro atoms. The largest absolute Gasteiger partial charge is 0.501 e. The standard InChI is InChI=1S/C4H9.Al.ClH.Mg.3H/c1-3-4-2;;;;;;/h1,3-4H2,2H3;;1H;;;;/q;;;+1;;;/p-1. The van der Waals surface area contributed by atoms with Crippen LogP contribution in [0.5, 0.6) is 0 Å². The molecule has 0 amide bonds. The summed E-state index contributed by atoms with van der Waals surface area (Å²) in [6.07, 6.45) is 2.65. The molecule has 0 aliphatic heterocycles. The van der Waals surface area contributed by atoms with Gasteiger partial charge in [0, 0.05) is 0 Å². The molecule has 0 rings (SSSR count). The van der Waals surface area contributed by atoms with E-state index in [1.165, 1.54) is 17.4 Å². The van der Waals surface area contributed by atoms with Crippen LogP contribution >= 0.6 is 9.07 Å². The van der Waals surface area contributed by atoms with E-state index in [0.717, 1.165) is 0 Å². The summed E-state index contributed by atoms with van der Waals surface area (Å²) in [4.78, 5) is 0. The van der Waals surface area contributed by atoms with Gasteiger partial charge in [0.05, 0.1) is 0 Å². The minimum atomic E-state index is -0.125. The van der Waals surface area contributed by atoms with Gasteiger partial charge in [0.2, 0.25) is 0 Å². The fraction of sp³-hybridized carbons (Fsp3) is 1.00. The van der Waals surface area contributed by atoms with Crippen LogP contribution in [0.15, 0.2) is 0 Å². The van der Waals surface area contributed by atoms with Crippen molar-refractivity contribution in [2.45, 2.75) is 24.3 Å². The number of unbranched alkanes of at least 4 members (excludes halogenated alkanes) is 1. The summed E-state index contributed by atoms with van der Waals surface area (Å²) in [5, 5.41) is 0. The smallest absolute Gasteiger partial charge is 0.346 e. The van der Waals surface area contributed by atoms with Crippen LogP contribution in [0.25, 0.3) is 0 Å². The number of hydrogen-bond acceptors (Lipinski definition) is 0. The van der Waals surface area contributed by atoms with Crippen molar-refractivity contribution in [3.05, 3.63) is 0 Å². The third-order valence-electron chi connectivity index (χ3n) is 0.737. The second-order valence-corrected chi connectivity index (χ2v) is 3.62. The summed E-state index contributed by atoms with van der Waals surface area (Å²) in [6, 6.07) is 0. The van der Waals surface area contributed by atoms with Gasteiger partial charge in [0.1, 0.15) is 0 Å². The average Bonchev–Trinajstić information content (AvgIpc) is 1.61. The van der Waals surface area contributed by atoms with E-state index >= 15 is 0 Å². The summed E-state index contributed by atoms with van der Waals surface area (Å²) in [5.74, 6) is 0. The van der Waals surface area contributed by atoms with E-state index in [0.29, 0.717) is 0 Å². The highest BCUT2D eigenvalue weighted by molar-refractivity contribution is 6.93. The summed E-state index contributed by atoms with van der Waals surface area (Å²) >= 11 is -0.125. The lowest BCUT2D eigenvalue weighted by atomic mass is 10.4. The van der Waals surface area contributed by atoms with Crippen LogP contribution in [0.1, 0.15) is 19.8 Å². The van der Waals surface area contributed by atoms with Gasteiger partial charge < -0.3 is 9.07 Å². The molecule has 0 N–H and O–H groups in total. The molecule has 0 unspecified atom stereocenters. The van der Waals surface area contributed by atoms with Crippen LogP contribution in [-0.4, -0.2) is 36.6 Å². The Balaban J connectivity index is 0. The molecule has 0 atom stereocenters. The number of hydrogen-bond donors (Lipinski definition) is 0. The normalized spacial score (nSPS) is 6.57. The first kappa shape index (κ1) is 11.4. The Kier molecular flexibility index (Phi) is 17.2. The lowest BCUT2D eigenvalue weighted by Crippen LogP contribution is -1.73. The SMILES string of the molecule is CCC[CH2][Mg][Cl].[AlH3]. The molecule has 0 nitrogen and oxygen atoms in total. The van der Waals surface area contributed by atoms with Crippen LogP contribution in [0.3, 0.4) is 0 Å². The number of halogens is 1. The molecule has 0 aromatic heterocycles. The maximum atomic E-state index is 5.52. The molecular formula is C4H12AlClMg. The molecule has 3 heteroatoms. The molecule has 0 aromatic rings. The minimum absolute atomic E-state index is 0. The maximum Gasteiger partial charge on any atom is 0.501 e. The van der Waals surface area contributed by atoms with Crippen molar-refractivity contribution >= 4 is 45.7 Å². The predicted octanol–water partition coefficient (Wildman–Crippen LogP) is 0.879. The molecule has 40 valence electrons. The third-order valence-corrected chi connectivity index (χ3v) is 2.31. The Labute approximate surface area is 69.6 Å². The average molecular weight is 147 g/mol. The Morgan fingerprint density at radius 1 is 1.57 bits per heavy atom. The van der Waals surface area contributed by atoms with Crippen molar-refractivity contribution < 1.29 is 0 Å². The minimum Gasteiger partial charge on any atom is -0.346 e. The Morgan fingerprint density at radius 2 is 2.14 bits per heavy atom. The van der Waals surface area contributed by atoms with Crippen LogP contribution in [0.2, 0.25) is 4.55 Å². The third kappa shape index (κ3) is 11.3. The molecule has 0 saturated carbocycles. The number of rotatable bonds is 3. The van der Waals surface area contributed by atoms with Gasteiger partial charge in [-0.1, -0.05) is 19.8 Å². The molecule has 7 heavy (non-hydrogen) atoms. The van der Waals surface area contributed by atoms with Crippen molar-refractivity contribution in [2.24, 2.45) is 0 Å². The zero-order valence-electron chi connectivity index (χ0n) is 4.21. The van der Waals surface area contributed by atoms with Gasteiger partial charge in [-0.15, -0.1) is 4.55 Å². The fourth-order valence-corrected chi connectivity index (χ4v) is 1.60. The van der Waals surface area contributed by atoms with Gasteiger partial charge in [-0.05, 0) is 0 Å². The van der Waals surface area contributed by atoms with E-state index in [1.54, 1.807) is 0 Å². The van der Waals surface area contributed by atoms with Crippen LogP contribution in [-0.2, 0) is 0 Å². The van der Waals surface area contributed by atoms with Crippen molar-refractivity contribution in [1.29, 1.82) is 0 Å². The molecular weight excluding hydrogens is 135 g/mol. The van der Waals surface area contributed by atoms with Gasteiger partial charge in [0.25, 0.3) is 0 Å². The van der Waals surface area contributed by atoms with Gasteiger partial charge in [-0.2, -0.15) is 0 Å². The Bertz CT molecular complexity index is 23.7. The highest BCUT2D eigenvalue weighted by Crippen LogP contribution is 1.93. The highest BCUT2D eigenvalue weighted by atomic mass is 35.5. The molecule has 0 aliphatic rings. The molecule has 0 radical (unpaired) electrons. The summed E-state index contributed by atoms with van der Waals surface area (Å²) < 4.78 is 1.32.